The van der Waals surface area contributed by atoms with Gasteiger partial charge in [0.25, 0.3) is 0 Å². The summed E-state index contributed by atoms with van der Waals surface area (Å²) in [6.45, 7) is 4.98. The summed E-state index contributed by atoms with van der Waals surface area (Å²) < 4.78 is 10.7. The predicted octanol–water partition coefficient (Wildman–Crippen LogP) is 2.47. The van der Waals surface area contributed by atoms with E-state index in [0.717, 1.165) is 69.2 Å². The molecule has 6 heteroatoms. The van der Waals surface area contributed by atoms with E-state index in [4.69, 9.17) is 14.6 Å². The third kappa shape index (κ3) is 5.60. The van der Waals surface area contributed by atoms with Crippen LogP contribution in [0.5, 0.6) is 11.5 Å². The zero-order chi connectivity index (χ0) is 17.4. The van der Waals surface area contributed by atoms with Crippen LogP contribution in [0.3, 0.4) is 0 Å². The average Bonchev–Trinajstić information content (AvgIpc) is 2.83. The molecule has 0 atom stereocenters. The lowest BCUT2D eigenvalue weighted by Crippen LogP contribution is -2.31. The van der Waals surface area contributed by atoms with E-state index in [0.29, 0.717) is 0 Å². The molecular weight excluding hydrogens is 308 g/mol. The summed E-state index contributed by atoms with van der Waals surface area (Å²) in [4.78, 5) is 15.4. The molecule has 1 saturated heterocycles. The minimum Gasteiger partial charge on any atom is -0.497 e. The van der Waals surface area contributed by atoms with Gasteiger partial charge in [0.2, 0.25) is 0 Å². The van der Waals surface area contributed by atoms with Crippen LogP contribution in [0.1, 0.15) is 25.7 Å². The Morgan fingerprint density at radius 3 is 2.38 bits per heavy atom. The van der Waals surface area contributed by atoms with Crippen LogP contribution >= 0.6 is 0 Å². The zero-order valence-corrected chi connectivity index (χ0v) is 14.7. The first kappa shape index (κ1) is 18.4. The number of benzene rings is 1. The first-order valence-electron chi connectivity index (χ1n) is 8.54. The minimum atomic E-state index is -0.705. The van der Waals surface area contributed by atoms with Crippen LogP contribution in [0.2, 0.25) is 0 Å². The summed E-state index contributed by atoms with van der Waals surface area (Å²) in [5, 5.41) is 8.70. The van der Waals surface area contributed by atoms with Gasteiger partial charge in [-0.1, -0.05) is 0 Å². The van der Waals surface area contributed by atoms with Crippen LogP contribution < -0.4 is 14.4 Å². The minimum absolute atomic E-state index is 0.267. The van der Waals surface area contributed by atoms with E-state index in [-0.39, 0.29) is 6.42 Å². The van der Waals surface area contributed by atoms with Crippen molar-refractivity contribution in [1.29, 1.82) is 0 Å². The van der Waals surface area contributed by atoms with Crippen LogP contribution in [0, 0.1) is 0 Å². The maximum atomic E-state index is 10.6. The van der Waals surface area contributed by atoms with Gasteiger partial charge < -0.3 is 24.4 Å². The van der Waals surface area contributed by atoms with Gasteiger partial charge in [-0.15, -0.1) is 0 Å². The Morgan fingerprint density at radius 2 is 1.75 bits per heavy atom. The van der Waals surface area contributed by atoms with Crippen molar-refractivity contribution in [2.45, 2.75) is 25.7 Å². The van der Waals surface area contributed by atoms with E-state index in [1.54, 1.807) is 14.2 Å². The van der Waals surface area contributed by atoms with E-state index < -0.39 is 5.97 Å². The Hall–Kier alpha value is -1.95. The van der Waals surface area contributed by atoms with Crippen LogP contribution in [-0.4, -0.2) is 62.9 Å². The highest BCUT2D eigenvalue weighted by Gasteiger charge is 2.16. The molecule has 1 heterocycles. The highest BCUT2D eigenvalue weighted by atomic mass is 16.5. The number of carboxylic acids is 1. The smallest absolute Gasteiger partial charge is 0.303 e. The van der Waals surface area contributed by atoms with E-state index >= 15 is 0 Å². The molecule has 0 bridgehead atoms. The number of nitrogens with zero attached hydrogens (tertiary/aromatic N) is 2. The Balaban J connectivity index is 1.89. The van der Waals surface area contributed by atoms with Crippen molar-refractivity contribution >= 4 is 11.7 Å². The molecule has 0 amide bonds. The highest BCUT2D eigenvalue weighted by molar-refractivity contribution is 5.66. The summed E-state index contributed by atoms with van der Waals surface area (Å²) in [6, 6.07) is 5.98. The molecule has 0 spiro atoms. The Morgan fingerprint density at radius 1 is 1.04 bits per heavy atom. The standard InChI is InChI=1S/C18H28N2O4/c1-23-16-12-15(13-17(14-16)24-2)20-9-5-8-19(10-11-20)7-4-3-6-18(21)22/h12-14H,3-11H2,1-2H3,(H,21,22). The van der Waals surface area contributed by atoms with Gasteiger partial charge in [0.15, 0.2) is 0 Å². The van der Waals surface area contributed by atoms with E-state index in [9.17, 15) is 4.79 Å². The first-order chi connectivity index (χ1) is 11.6. The van der Waals surface area contributed by atoms with Crippen molar-refractivity contribution in [1.82, 2.24) is 4.90 Å². The topological polar surface area (TPSA) is 62.2 Å². The molecule has 6 nitrogen and oxygen atoms in total. The number of hydrogen-bond acceptors (Lipinski definition) is 5. The summed E-state index contributed by atoms with van der Waals surface area (Å²) in [5.74, 6) is 0.905. The molecule has 0 aromatic heterocycles. The molecule has 1 aliphatic heterocycles. The Bertz CT molecular complexity index is 514. The number of carboxylic acid groups (broad SMARTS) is 1. The molecule has 1 aromatic rings. The SMILES string of the molecule is COc1cc(OC)cc(N2CCCN(CCCCC(=O)O)CC2)c1. The third-order valence-electron chi connectivity index (χ3n) is 4.40. The normalized spacial score (nSPS) is 15.8. The molecule has 24 heavy (non-hydrogen) atoms. The lowest BCUT2D eigenvalue weighted by atomic mass is 10.2. The molecule has 0 aliphatic carbocycles. The number of anilines is 1. The fourth-order valence-electron chi connectivity index (χ4n) is 3.04. The molecule has 134 valence electrons. The van der Waals surface area contributed by atoms with Crippen molar-refractivity contribution < 1.29 is 19.4 Å². The second-order valence-corrected chi connectivity index (χ2v) is 6.10. The fourth-order valence-corrected chi connectivity index (χ4v) is 3.04. The van der Waals surface area contributed by atoms with E-state index in [1.807, 2.05) is 18.2 Å². The molecule has 0 unspecified atom stereocenters. The molecule has 2 rings (SSSR count). The molecule has 1 aromatic carbocycles. The maximum absolute atomic E-state index is 10.6. The zero-order valence-electron chi connectivity index (χ0n) is 14.7. The number of unbranched alkanes of at least 4 members (excludes halogenated alkanes) is 1. The lowest BCUT2D eigenvalue weighted by Gasteiger charge is -2.24. The molecule has 1 fully saturated rings. The summed E-state index contributed by atoms with van der Waals surface area (Å²) in [7, 11) is 3.33. The number of carbonyl (C=O) groups is 1. The van der Waals surface area contributed by atoms with Gasteiger partial charge in [-0.2, -0.15) is 0 Å². The largest absolute Gasteiger partial charge is 0.497 e. The van der Waals surface area contributed by atoms with Crippen molar-refractivity contribution in [3.05, 3.63) is 18.2 Å². The second kappa shape index (κ2) is 9.37. The number of ether oxygens (including phenoxy) is 2. The van der Waals surface area contributed by atoms with Gasteiger partial charge in [-0.3, -0.25) is 4.79 Å². The van der Waals surface area contributed by atoms with Crippen molar-refractivity contribution in [2.75, 3.05) is 51.8 Å². The van der Waals surface area contributed by atoms with Gasteiger partial charge in [-0.25, -0.2) is 0 Å². The number of rotatable bonds is 8. The quantitative estimate of drug-likeness (QED) is 0.736. The van der Waals surface area contributed by atoms with Gasteiger partial charge >= 0.3 is 5.97 Å². The number of hydrogen-bond donors (Lipinski definition) is 1. The Labute approximate surface area is 144 Å². The number of methoxy groups -OCH3 is 2. The van der Waals surface area contributed by atoms with Crippen LogP contribution in [-0.2, 0) is 4.79 Å². The Kier molecular flexibility index (Phi) is 7.18. The second-order valence-electron chi connectivity index (χ2n) is 6.10. The first-order valence-corrected chi connectivity index (χ1v) is 8.54. The van der Waals surface area contributed by atoms with Gasteiger partial charge in [0.05, 0.1) is 14.2 Å². The average molecular weight is 336 g/mol. The van der Waals surface area contributed by atoms with E-state index in [1.165, 1.54) is 0 Å². The fraction of sp³-hybridized carbons (Fsp3) is 0.611. The summed E-state index contributed by atoms with van der Waals surface area (Å²) >= 11 is 0. The molecule has 1 aliphatic rings. The maximum Gasteiger partial charge on any atom is 0.303 e. The molecule has 0 saturated carbocycles. The highest BCUT2D eigenvalue weighted by Crippen LogP contribution is 2.29. The van der Waals surface area contributed by atoms with Gasteiger partial charge in [0, 0.05) is 49.9 Å². The van der Waals surface area contributed by atoms with Crippen LogP contribution in [0.25, 0.3) is 0 Å². The summed E-state index contributed by atoms with van der Waals surface area (Å²) in [6.07, 6.45) is 3.06. The monoisotopic (exact) mass is 336 g/mol. The third-order valence-corrected chi connectivity index (χ3v) is 4.40. The van der Waals surface area contributed by atoms with Crippen molar-refractivity contribution in [2.24, 2.45) is 0 Å². The van der Waals surface area contributed by atoms with Gasteiger partial charge in [-0.05, 0) is 32.4 Å². The van der Waals surface area contributed by atoms with Crippen molar-refractivity contribution in [3.8, 4) is 11.5 Å². The molecule has 1 N–H and O–H groups in total. The molecule has 0 radical (unpaired) electrons. The van der Waals surface area contributed by atoms with Crippen LogP contribution in [0.15, 0.2) is 18.2 Å². The van der Waals surface area contributed by atoms with Crippen LogP contribution in [0.4, 0.5) is 5.69 Å². The van der Waals surface area contributed by atoms with Crippen molar-refractivity contribution in [3.63, 3.8) is 0 Å². The lowest BCUT2D eigenvalue weighted by molar-refractivity contribution is -0.137. The predicted molar refractivity (Wildman–Crippen MR) is 94.3 cm³/mol. The van der Waals surface area contributed by atoms with E-state index in [2.05, 4.69) is 9.80 Å². The van der Waals surface area contributed by atoms with Gasteiger partial charge in [0.1, 0.15) is 11.5 Å². The summed E-state index contributed by atoms with van der Waals surface area (Å²) in [5.41, 5.74) is 1.12. The number of aliphatic carboxylic acids is 1. The molecular formula is C18H28N2O4.